The summed E-state index contributed by atoms with van der Waals surface area (Å²) in [7, 11) is 0. The number of aliphatic carboxylic acids is 1. The average molecular weight is 277 g/mol. The van der Waals surface area contributed by atoms with Gasteiger partial charge in [0.05, 0.1) is 12.5 Å². The van der Waals surface area contributed by atoms with Gasteiger partial charge in [-0.2, -0.15) is 0 Å². The Balaban J connectivity index is 2.82. The molecule has 1 rings (SSSR count). The first kappa shape index (κ1) is 14.8. The molecular weight excluding hydrogens is 267 g/mol. The fraction of sp³-hybridized carbons (Fsp3) is 0.273. The zero-order valence-corrected chi connectivity index (χ0v) is 9.48. The number of carboxylic acids is 1. The number of hydrogen-bond acceptors (Lipinski definition) is 3. The maximum atomic E-state index is 11.9. The largest absolute Gasteiger partial charge is 0.573 e. The van der Waals surface area contributed by atoms with Gasteiger partial charge >= 0.3 is 12.3 Å². The number of amides is 1. The molecule has 0 radical (unpaired) electrons. The number of rotatable bonds is 6. The maximum Gasteiger partial charge on any atom is 0.573 e. The Bertz CT molecular complexity index is 444. The summed E-state index contributed by atoms with van der Waals surface area (Å²) in [5.74, 6) is -1.56. The van der Waals surface area contributed by atoms with Crippen molar-refractivity contribution in [3.8, 4) is 5.75 Å². The molecule has 0 spiro atoms. The molecule has 1 aromatic carbocycles. The van der Waals surface area contributed by atoms with Gasteiger partial charge in [0.15, 0.2) is 0 Å². The summed E-state index contributed by atoms with van der Waals surface area (Å²) in [6, 6.07) is 3.79. The summed E-state index contributed by atoms with van der Waals surface area (Å²) in [5, 5.41) is 10.9. The molecule has 0 saturated carbocycles. The minimum atomic E-state index is -4.79. The van der Waals surface area contributed by atoms with Crippen LogP contribution in [0.5, 0.6) is 5.75 Å². The molecule has 0 aliphatic heterocycles. The topological polar surface area (TPSA) is 75.6 Å². The molecule has 0 fully saturated rings. The lowest BCUT2D eigenvalue weighted by molar-refractivity contribution is -0.274. The predicted molar refractivity (Wildman–Crippen MR) is 57.3 cm³/mol. The Kier molecular flexibility index (Phi) is 4.74. The zero-order valence-electron chi connectivity index (χ0n) is 9.48. The quantitative estimate of drug-likeness (QED) is 0.778. The van der Waals surface area contributed by atoms with Crippen LogP contribution in [-0.2, 0) is 9.59 Å². The van der Waals surface area contributed by atoms with Gasteiger partial charge in [0, 0.05) is 0 Å². The summed E-state index contributed by atoms with van der Waals surface area (Å²) >= 11 is 0. The third-order valence-corrected chi connectivity index (χ3v) is 2.16. The van der Waals surface area contributed by atoms with Crippen molar-refractivity contribution in [3.63, 3.8) is 0 Å². The SMILES string of the molecule is O=CNC(CC(=O)O)c1ccc(OC(F)(F)F)cc1. The lowest BCUT2D eigenvalue weighted by atomic mass is 10.0. The van der Waals surface area contributed by atoms with Gasteiger partial charge in [0.2, 0.25) is 6.41 Å². The van der Waals surface area contributed by atoms with Crippen molar-refractivity contribution in [2.24, 2.45) is 0 Å². The third-order valence-electron chi connectivity index (χ3n) is 2.16. The van der Waals surface area contributed by atoms with Crippen LogP contribution in [0.2, 0.25) is 0 Å². The van der Waals surface area contributed by atoms with E-state index in [2.05, 4.69) is 10.1 Å². The van der Waals surface area contributed by atoms with E-state index < -0.39 is 24.1 Å². The van der Waals surface area contributed by atoms with E-state index >= 15 is 0 Å². The standard InChI is InChI=1S/C11H10F3NO4/c12-11(13,14)19-8-3-1-7(2-4-8)9(15-6-16)5-10(17)18/h1-4,6,9H,5H2,(H,15,16)(H,17,18). The van der Waals surface area contributed by atoms with Crippen molar-refractivity contribution in [3.05, 3.63) is 29.8 Å². The van der Waals surface area contributed by atoms with Crippen molar-refractivity contribution >= 4 is 12.4 Å². The maximum absolute atomic E-state index is 11.9. The molecule has 104 valence electrons. The van der Waals surface area contributed by atoms with Crippen LogP contribution in [0.15, 0.2) is 24.3 Å². The summed E-state index contributed by atoms with van der Waals surface area (Å²) in [4.78, 5) is 20.9. The third kappa shape index (κ3) is 5.28. The van der Waals surface area contributed by atoms with Crippen molar-refractivity contribution in [1.82, 2.24) is 5.32 Å². The fourth-order valence-electron chi connectivity index (χ4n) is 1.43. The van der Waals surface area contributed by atoms with Crippen LogP contribution in [-0.4, -0.2) is 23.8 Å². The van der Waals surface area contributed by atoms with Crippen LogP contribution in [0, 0.1) is 0 Å². The highest BCUT2D eigenvalue weighted by atomic mass is 19.4. The van der Waals surface area contributed by atoms with Gasteiger partial charge in [-0.3, -0.25) is 9.59 Å². The van der Waals surface area contributed by atoms with Crippen molar-refractivity contribution in [2.75, 3.05) is 0 Å². The molecule has 1 atom stereocenters. The smallest absolute Gasteiger partial charge is 0.481 e. The van der Waals surface area contributed by atoms with E-state index in [9.17, 15) is 22.8 Å². The summed E-state index contributed by atoms with van der Waals surface area (Å²) in [5.41, 5.74) is 0.365. The number of hydrogen-bond donors (Lipinski definition) is 2. The number of carbonyl (C=O) groups excluding carboxylic acids is 1. The van der Waals surface area contributed by atoms with Crippen molar-refractivity contribution < 1.29 is 32.6 Å². The first-order valence-corrected chi connectivity index (χ1v) is 5.09. The molecule has 0 aromatic heterocycles. The van der Waals surface area contributed by atoms with Gasteiger partial charge in [-0.25, -0.2) is 0 Å². The van der Waals surface area contributed by atoms with Gasteiger partial charge in [-0.1, -0.05) is 12.1 Å². The van der Waals surface area contributed by atoms with Crippen LogP contribution < -0.4 is 10.1 Å². The van der Waals surface area contributed by atoms with Gasteiger partial charge in [-0.05, 0) is 17.7 Å². The number of alkyl halides is 3. The van der Waals surface area contributed by atoms with E-state index in [0.717, 1.165) is 12.1 Å². The van der Waals surface area contributed by atoms with Crippen LogP contribution in [0.25, 0.3) is 0 Å². The Labute approximate surface area is 106 Å². The van der Waals surface area contributed by atoms with Crippen LogP contribution in [0.3, 0.4) is 0 Å². The van der Waals surface area contributed by atoms with E-state index in [1.807, 2.05) is 0 Å². The lowest BCUT2D eigenvalue weighted by Gasteiger charge is -2.15. The Morgan fingerprint density at radius 1 is 1.37 bits per heavy atom. The second-order valence-electron chi connectivity index (χ2n) is 3.55. The molecule has 1 amide bonds. The van der Waals surface area contributed by atoms with Gasteiger partial charge in [0.1, 0.15) is 5.75 Å². The molecule has 0 saturated heterocycles. The highest BCUT2D eigenvalue weighted by molar-refractivity contribution is 5.68. The molecule has 0 aliphatic rings. The van der Waals surface area contributed by atoms with Crippen LogP contribution >= 0.6 is 0 Å². The number of benzene rings is 1. The average Bonchev–Trinajstić information content (AvgIpc) is 2.27. The van der Waals surface area contributed by atoms with E-state index in [4.69, 9.17) is 5.11 Å². The van der Waals surface area contributed by atoms with E-state index in [-0.39, 0.29) is 6.42 Å². The summed E-state index contributed by atoms with van der Waals surface area (Å²) in [6.45, 7) is 0. The van der Waals surface area contributed by atoms with Crippen molar-refractivity contribution in [2.45, 2.75) is 18.8 Å². The van der Waals surface area contributed by atoms with E-state index in [1.165, 1.54) is 12.1 Å². The number of nitrogens with one attached hydrogen (secondary N) is 1. The molecule has 0 aliphatic carbocycles. The normalized spacial score (nSPS) is 12.6. The molecular formula is C11H10F3NO4. The first-order valence-electron chi connectivity index (χ1n) is 5.09. The van der Waals surface area contributed by atoms with Crippen LogP contribution in [0.4, 0.5) is 13.2 Å². The predicted octanol–water partition coefficient (Wildman–Crippen LogP) is 1.85. The zero-order chi connectivity index (χ0) is 14.5. The number of carboxylic acid groups (broad SMARTS) is 1. The van der Waals surface area contributed by atoms with Crippen molar-refractivity contribution in [1.29, 1.82) is 0 Å². The number of carbonyl (C=O) groups is 2. The second-order valence-corrected chi connectivity index (χ2v) is 3.55. The molecule has 1 aromatic rings. The minimum Gasteiger partial charge on any atom is -0.481 e. The second kappa shape index (κ2) is 6.07. The minimum absolute atomic E-state index is 0.327. The first-order chi connectivity index (χ1) is 8.81. The molecule has 0 heterocycles. The Morgan fingerprint density at radius 2 is 1.95 bits per heavy atom. The van der Waals surface area contributed by atoms with Gasteiger partial charge in [0.25, 0.3) is 0 Å². The highest BCUT2D eigenvalue weighted by Gasteiger charge is 2.31. The monoisotopic (exact) mass is 277 g/mol. The number of halogens is 3. The summed E-state index contributed by atoms with van der Waals surface area (Å²) < 4.78 is 39.5. The Morgan fingerprint density at radius 3 is 2.37 bits per heavy atom. The van der Waals surface area contributed by atoms with E-state index in [0.29, 0.717) is 12.0 Å². The lowest BCUT2D eigenvalue weighted by Crippen LogP contribution is -2.22. The number of ether oxygens (including phenoxy) is 1. The van der Waals surface area contributed by atoms with Gasteiger partial charge in [-0.15, -0.1) is 13.2 Å². The molecule has 5 nitrogen and oxygen atoms in total. The van der Waals surface area contributed by atoms with E-state index in [1.54, 1.807) is 0 Å². The summed E-state index contributed by atoms with van der Waals surface area (Å²) in [6.07, 6.45) is -4.84. The Hall–Kier alpha value is -2.25. The van der Waals surface area contributed by atoms with Crippen LogP contribution in [0.1, 0.15) is 18.0 Å². The molecule has 19 heavy (non-hydrogen) atoms. The molecule has 2 N–H and O–H groups in total. The van der Waals surface area contributed by atoms with Gasteiger partial charge < -0.3 is 15.2 Å². The highest BCUT2D eigenvalue weighted by Crippen LogP contribution is 2.25. The molecule has 1 unspecified atom stereocenters. The molecule has 8 heteroatoms. The fourth-order valence-corrected chi connectivity index (χ4v) is 1.43. The molecule has 0 bridgehead atoms.